The van der Waals surface area contributed by atoms with Crippen LogP contribution in [-0.2, 0) is 7.05 Å². The van der Waals surface area contributed by atoms with Crippen LogP contribution in [-0.4, -0.2) is 63.7 Å². The van der Waals surface area contributed by atoms with Crippen LogP contribution in [0.25, 0.3) is 11.3 Å². The third kappa shape index (κ3) is 2.75. The fourth-order valence-corrected chi connectivity index (χ4v) is 4.28. The standard InChI is InChI=1S/C18H25N5O/c1-21-8-4-14(11-21)15-10-16(20-19-15)17(24)23-7-3-5-18(13-23)6-9-22(2)12-18/h4,8,10-11H,3,5-7,9,12-13H2,1-2H3,(H,19,20). The van der Waals surface area contributed by atoms with Crippen LogP contribution in [0.3, 0.4) is 0 Å². The highest BCUT2D eigenvalue weighted by Gasteiger charge is 2.41. The number of rotatable bonds is 2. The van der Waals surface area contributed by atoms with Crippen LogP contribution < -0.4 is 0 Å². The van der Waals surface area contributed by atoms with E-state index in [-0.39, 0.29) is 5.91 Å². The van der Waals surface area contributed by atoms with Gasteiger partial charge in [-0.1, -0.05) is 0 Å². The number of hydrogen-bond acceptors (Lipinski definition) is 3. The van der Waals surface area contributed by atoms with Crippen molar-refractivity contribution >= 4 is 5.91 Å². The molecule has 0 radical (unpaired) electrons. The van der Waals surface area contributed by atoms with E-state index in [1.165, 1.54) is 12.8 Å². The summed E-state index contributed by atoms with van der Waals surface area (Å²) in [4.78, 5) is 17.3. The van der Waals surface area contributed by atoms with Crippen LogP contribution in [0.5, 0.6) is 0 Å². The molecule has 6 heteroatoms. The van der Waals surface area contributed by atoms with E-state index in [4.69, 9.17) is 0 Å². The first kappa shape index (κ1) is 15.4. The van der Waals surface area contributed by atoms with Crippen LogP contribution in [0.15, 0.2) is 24.5 Å². The second-order valence-corrected chi connectivity index (χ2v) is 7.55. The Balaban J connectivity index is 1.50. The van der Waals surface area contributed by atoms with Gasteiger partial charge in [-0.2, -0.15) is 5.10 Å². The predicted molar refractivity (Wildman–Crippen MR) is 92.7 cm³/mol. The van der Waals surface area contributed by atoms with Crippen molar-refractivity contribution in [1.29, 1.82) is 0 Å². The monoisotopic (exact) mass is 327 g/mol. The molecule has 2 saturated heterocycles. The third-order valence-corrected chi connectivity index (χ3v) is 5.51. The summed E-state index contributed by atoms with van der Waals surface area (Å²) in [7, 11) is 4.16. The van der Waals surface area contributed by atoms with Gasteiger partial charge in [-0.25, -0.2) is 0 Å². The molecule has 2 fully saturated rings. The molecule has 2 aliphatic rings. The Bertz CT molecular complexity index is 744. The minimum Gasteiger partial charge on any atom is -0.357 e. The number of H-pyrrole nitrogens is 1. The molecule has 2 aromatic rings. The lowest BCUT2D eigenvalue weighted by molar-refractivity contribution is 0.0529. The number of aryl methyl sites for hydroxylation is 1. The lowest BCUT2D eigenvalue weighted by Gasteiger charge is -2.40. The van der Waals surface area contributed by atoms with Crippen LogP contribution in [0, 0.1) is 5.41 Å². The number of nitrogens with one attached hydrogen (secondary N) is 1. The van der Waals surface area contributed by atoms with Gasteiger partial charge in [-0.15, -0.1) is 0 Å². The van der Waals surface area contributed by atoms with Crippen molar-refractivity contribution in [2.75, 3.05) is 33.2 Å². The SMILES string of the molecule is CN1CCC2(CCCN(C(=O)c3cc(-c4ccn(C)c4)n[nH]3)C2)C1. The molecule has 1 spiro atoms. The fourth-order valence-electron chi connectivity index (χ4n) is 4.28. The van der Waals surface area contributed by atoms with Crippen LogP contribution in [0.4, 0.5) is 0 Å². The number of aromatic nitrogens is 3. The minimum absolute atomic E-state index is 0.0818. The molecular formula is C18H25N5O. The van der Waals surface area contributed by atoms with Gasteiger partial charge < -0.3 is 14.4 Å². The van der Waals surface area contributed by atoms with Gasteiger partial charge >= 0.3 is 0 Å². The number of aromatic amines is 1. The summed E-state index contributed by atoms with van der Waals surface area (Å²) in [5, 5.41) is 7.26. The number of piperidine rings is 1. The van der Waals surface area contributed by atoms with Crippen LogP contribution >= 0.6 is 0 Å². The van der Waals surface area contributed by atoms with Crippen molar-refractivity contribution in [3.05, 3.63) is 30.2 Å². The second-order valence-electron chi connectivity index (χ2n) is 7.55. The number of hydrogen-bond donors (Lipinski definition) is 1. The maximum Gasteiger partial charge on any atom is 0.271 e. The Hall–Kier alpha value is -2.08. The molecule has 1 N–H and O–H groups in total. The van der Waals surface area contributed by atoms with E-state index < -0.39 is 0 Å². The van der Waals surface area contributed by atoms with Crippen molar-refractivity contribution in [2.24, 2.45) is 12.5 Å². The normalized spacial score (nSPS) is 24.8. The topological polar surface area (TPSA) is 57.2 Å². The highest BCUT2D eigenvalue weighted by Crippen LogP contribution is 2.38. The molecule has 128 valence electrons. The van der Waals surface area contributed by atoms with E-state index in [9.17, 15) is 4.79 Å². The average Bonchev–Trinajstić information content (AvgIpc) is 3.28. The first-order valence-electron chi connectivity index (χ1n) is 8.70. The maximum absolute atomic E-state index is 12.9. The number of carbonyl (C=O) groups is 1. The predicted octanol–water partition coefficient (Wildman–Crippen LogP) is 1.97. The van der Waals surface area contributed by atoms with E-state index in [1.54, 1.807) is 0 Å². The van der Waals surface area contributed by atoms with Crippen LogP contribution in [0.1, 0.15) is 29.8 Å². The quantitative estimate of drug-likeness (QED) is 0.917. The number of carbonyl (C=O) groups excluding carboxylic acids is 1. The van der Waals surface area contributed by atoms with E-state index in [0.29, 0.717) is 11.1 Å². The van der Waals surface area contributed by atoms with Crippen molar-refractivity contribution in [1.82, 2.24) is 24.6 Å². The van der Waals surface area contributed by atoms with E-state index in [2.05, 4.69) is 22.1 Å². The first-order valence-corrected chi connectivity index (χ1v) is 8.70. The summed E-state index contributed by atoms with van der Waals surface area (Å²) in [5.74, 6) is 0.0818. The van der Waals surface area contributed by atoms with Gasteiger partial charge in [0, 0.05) is 50.1 Å². The molecule has 0 saturated carbocycles. The second kappa shape index (κ2) is 5.77. The molecule has 4 heterocycles. The highest BCUT2D eigenvalue weighted by atomic mass is 16.2. The minimum atomic E-state index is 0.0818. The average molecular weight is 327 g/mol. The Morgan fingerprint density at radius 1 is 1.25 bits per heavy atom. The zero-order valence-electron chi connectivity index (χ0n) is 14.5. The van der Waals surface area contributed by atoms with Gasteiger partial charge in [0.2, 0.25) is 0 Å². The molecule has 1 unspecified atom stereocenters. The Morgan fingerprint density at radius 2 is 2.12 bits per heavy atom. The van der Waals surface area contributed by atoms with Gasteiger partial charge in [-0.3, -0.25) is 9.89 Å². The van der Waals surface area contributed by atoms with Crippen molar-refractivity contribution < 1.29 is 4.79 Å². The smallest absolute Gasteiger partial charge is 0.271 e. The molecule has 0 aromatic carbocycles. The maximum atomic E-state index is 12.9. The number of nitrogens with zero attached hydrogens (tertiary/aromatic N) is 4. The van der Waals surface area contributed by atoms with E-state index >= 15 is 0 Å². The van der Waals surface area contributed by atoms with Gasteiger partial charge in [0.1, 0.15) is 5.69 Å². The molecule has 1 amide bonds. The summed E-state index contributed by atoms with van der Waals surface area (Å²) in [6.07, 6.45) is 7.52. The Kier molecular flexibility index (Phi) is 3.72. The zero-order valence-corrected chi connectivity index (χ0v) is 14.5. The Morgan fingerprint density at radius 3 is 2.83 bits per heavy atom. The summed E-state index contributed by atoms with van der Waals surface area (Å²) < 4.78 is 1.98. The lowest BCUT2D eigenvalue weighted by atomic mass is 9.79. The lowest BCUT2D eigenvalue weighted by Crippen LogP contribution is -2.47. The van der Waals surface area contributed by atoms with Crippen molar-refractivity contribution in [2.45, 2.75) is 19.3 Å². The molecule has 2 aliphatic heterocycles. The summed E-state index contributed by atoms with van der Waals surface area (Å²) >= 11 is 0. The van der Waals surface area contributed by atoms with Gasteiger partial charge in [0.25, 0.3) is 5.91 Å². The third-order valence-electron chi connectivity index (χ3n) is 5.51. The van der Waals surface area contributed by atoms with Crippen molar-refractivity contribution in [3.8, 4) is 11.3 Å². The summed E-state index contributed by atoms with van der Waals surface area (Å²) in [6.45, 7) is 3.97. The molecule has 6 nitrogen and oxygen atoms in total. The molecule has 4 rings (SSSR count). The van der Waals surface area contributed by atoms with E-state index in [0.717, 1.165) is 43.9 Å². The van der Waals surface area contributed by atoms with Gasteiger partial charge in [0.05, 0.1) is 5.69 Å². The zero-order chi connectivity index (χ0) is 16.7. The highest BCUT2D eigenvalue weighted by molar-refractivity contribution is 5.93. The molecular weight excluding hydrogens is 302 g/mol. The van der Waals surface area contributed by atoms with Crippen molar-refractivity contribution in [3.63, 3.8) is 0 Å². The van der Waals surface area contributed by atoms with Gasteiger partial charge in [-0.05, 0) is 45.0 Å². The molecule has 0 bridgehead atoms. The Labute approximate surface area is 142 Å². The van der Waals surface area contributed by atoms with E-state index in [1.807, 2.05) is 41.0 Å². The largest absolute Gasteiger partial charge is 0.357 e. The summed E-state index contributed by atoms with van der Waals surface area (Å²) in [6, 6.07) is 3.88. The fraction of sp³-hybridized carbons (Fsp3) is 0.556. The molecule has 1 atom stereocenters. The summed E-state index contributed by atoms with van der Waals surface area (Å²) in [5.41, 5.74) is 2.74. The van der Waals surface area contributed by atoms with Crippen LogP contribution in [0.2, 0.25) is 0 Å². The number of amides is 1. The molecule has 0 aliphatic carbocycles. The number of likely N-dealkylation sites (tertiary alicyclic amines) is 2. The van der Waals surface area contributed by atoms with Gasteiger partial charge in [0.15, 0.2) is 0 Å². The molecule has 24 heavy (non-hydrogen) atoms. The first-order chi connectivity index (χ1) is 11.5. The molecule has 2 aromatic heterocycles.